The molecule has 17 nitrogen and oxygen atoms in total. The third-order valence-corrected chi connectivity index (χ3v) is 10.5. The lowest BCUT2D eigenvalue weighted by Crippen LogP contribution is -2.58. The summed E-state index contributed by atoms with van der Waals surface area (Å²) in [4.78, 5) is 84.6. The number of carbonyl (C=O) groups excluding carboxylic acids is 6. The molecule has 0 aromatic heterocycles. The van der Waals surface area contributed by atoms with Gasteiger partial charge >= 0.3 is 18.2 Å². The Kier molecular flexibility index (Phi) is 16.4. The Labute approximate surface area is 368 Å². The molecule has 0 saturated carbocycles. The molecule has 2 aliphatic rings. The third-order valence-electron chi connectivity index (χ3n) is 10.5. The van der Waals surface area contributed by atoms with E-state index in [9.17, 15) is 28.8 Å². The molecule has 1 unspecified atom stereocenters. The van der Waals surface area contributed by atoms with Gasteiger partial charge in [0.15, 0.2) is 0 Å². The van der Waals surface area contributed by atoms with Crippen molar-refractivity contribution in [2.24, 2.45) is 5.73 Å². The van der Waals surface area contributed by atoms with Crippen molar-refractivity contribution in [3.63, 3.8) is 0 Å². The third kappa shape index (κ3) is 12.8. The highest BCUT2D eigenvalue weighted by Gasteiger charge is 2.41. The van der Waals surface area contributed by atoms with Crippen molar-refractivity contribution in [3.8, 4) is 22.6 Å². The number of ether oxygens (including phenoxy) is 5. The highest BCUT2D eigenvalue weighted by atomic mass is 16.6. The van der Waals surface area contributed by atoms with E-state index in [4.69, 9.17) is 29.4 Å². The monoisotopic (exact) mass is 872 g/mol. The summed E-state index contributed by atoms with van der Waals surface area (Å²) in [5.41, 5.74) is 8.42. The summed E-state index contributed by atoms with van der Waals surface area (Å²) < 4.78 is 28.6. The molecule has 2 heterocycles. The molecule has 2 aliphatic heterocycles. The van der Waals surface area contributed by atoms with E-state index in [-0.39, 0.29) is 39.1 Å². The minimum Gasteiger partial charge on any atom is -0.493 e. The summed E-state index contributed by atoms with van der Waals surface area (Å²) in [6.07, 6.45) is -0.0778. The quantitative estimate of drug-likeness (QED) is 0.113. The van der Waals surface area contributed by atoms with Gasteiger partial charge in [0.25, 0.3) is 0 Å². The van der Waals surface area contributed by atoms with Gasteiger partial charge in [-0.3, -0.25) is 19.3 Å². The van der Waals surface area contributed by atoms with Crippen LogP contribution in [-0.4, -0.2) is 116 Å². The second kappa shape index (κ2) is 21.6. The molecule has 1 saturated heterocycles. The fourth-order valence-corrected chi connectivity index (χ4v) is 7.32. The first-order valence-electron chi connectivity index (χ1n) is 21.2. The number of nitrogens with two attached hydrogens (primary N) is 1. The Balaban J connectivity index is 1.58. The number of piperidine rings is 1. The van der Waals surface area contributed by atoms with E-state index in [2.05, 4.69) is 16.0 Å². The first kappa shape index (κ1) is 47.7. The summed E-state index contributed by atoms with van der Waals surface area (Å²) in [6, 6.07) is 14.3. The van der Waals surface area contributed by atoms with Gasteiger partial charge in [0.1, 0.15) is 54.5 Å². The smallest absolute Gasteiger partial charge is 0.410 e. The fourth-order valence-electron chi connectivity index (χ4n) is 7.32. The van der Waals surface area contributed by atoms with Crippen LogP contribution in [0.4, 0.5) is 9.59 Å². The Morgan fingerprint density at radius 1 is 0.921 bits per heavy atom. The molecule has 5 N–H and O–H groups in total. The van der Waals surface area contributed by atoms with Crippen molar-refractivity contribution in [1.82, 2.24) is 25.8 Å². The van der Waals surface area contributed by atoms with E-state index >= 15 is 0 Å². The molecule has 0 radical (unpaired) electrons. The number of nitrogens with zero attached hydrogens (tertiary/aromatic N) is 2. The second-order valence-electron chi connectivity index (χ2n) is 16.6. The summed E-state index contributed by atoms with van der Waals surface area (Å²) in [6.45, 7) is 9.31. The number of esters is 1. The maximum Gasteiger partial charge on any atom is 0.410 e. The van der Waals surface area contributed by atoms with Gasteiger partial charge in [-0.1, -0.05) is 49.4 Å². The van der Waals surface area contributed by atoms with Crippen LogP contribution in [-0.2, 0) is 46.4 Å². The average Bonchev–Trinajstić information content (AvgIpc) is 3.25. The Bertz CT molecular complexity index is 2110. The maximum absolute atomic E-state index is 14.7. The predicted molar refractivity (Wildman–Crippen MR) is 232 cm³/mol. The Hall–Kier alpha value is -6.36. The number of fused-ring (bicyclic) bond motifs is 5. The van der Waals surface area contributed by atoms with Crippen LogP contribution in [0.5, 0.6) is 11.5 Å². The van der Waals surface area contributed by atoms with Crippen LogP contribution in [0.15, 0.2) is 66.7 Å². The van der Waals surface area contributed by atoms with E-state index < -0.39 is 71.7 Å². The number of rotatable bonds is 12. The number of amides is 5. The van der Waals surface area contributed by atoms with Crippen molar-refractivity contribution in [2.45, 2.75) is 103 Å². The highest BCUT2D eigenvalue weighted by Crippen LogP contribution is 2.40. The van der Waals surface area contributed by atoms with E-state index in [1.165, 1.54) is 30.9 Å². The number of hydrogen-bond acceptors (Lipinski definition) is 12. The van der Waals surface area contributed by atoms with Gasteiger partial charge in [-0.2, -0.15) is 0 Å². The first-order chi connectivity index (χ1) is 30.0. The number of likely N-dealkylation sites (N-methyl/N-ethyl adjacent to an activating group) is 1. The van der Waals surface area contributed by atoms with E-state index in [0.717, 1.165) is 5.56 Å². The molecular weight excluding hydrogens is 813 g/mol. The molecule has 5 atom stereocenters. The number of benzene rings is 3. The largest absolute Gasteiger partial charge is 0.493 e. The summed E-state index contributed by atoms with van der Waals surface area (Å²) >= 11 is 0. The number of alkyl carbamates (subject to hydrolysis) is 1. The summed E-state index contributed by atoms with van der Waals surface area (Å²) in [5.74, 6) is -1.87. The predicted octanol–water partition coefficient (Wildman–Crippen LogP) is 4.39. The van der Waals surface area contributed by atoms with Crippen molar-refractivity contribution in [1.29, 1.82) is 0 Å². The van der Waals surface area contributed by atoms with Gasteiger partial charge in [-0.25, -0.2) is 14.4 Å². The average molecular weight is 873 g/mol. The van der Waals surface area contributed by atoms with Crippen molar-refractivity contribution >= 4 is 35.9 Å². The van der Waals surface area contributed by atoms with E-state index in [1.54, 1.807) is 57.2 Å². The minimum atomic E-state index is -1.36. The minimum absolute atomic E-state index is 0.0107. The summed E-state index contributed by atoms with van der Waals surface area (Å²) in [7, 11) is 2.66. The van der Waals surface area contributed by atoms with Crippen LogP contribution in [0, 0.1) is 0 Å². The normalized spacial score (nSPS) is 20.2. The van der Waals surface area contributed by atoms with Gasteiger partial charge in [0.2, 0.25) is 17.7 Å². The number of hydrogen-bond donors (Lipinski definition) is 4. The lowest BCUT2D eigenvalue weighted by atomic mass is 9.92. The molecule has 4 bridgehead atoms. The molecule has 3 aromatic rings. The maximum atomic E-state index is 14.7. The van der Waals surface area contributed by atoms with Crippen LogP contribution < -0.4 is 31.2 Å². The van der Waals surface area contributed by atoms with E-state index in [1.807, 2.05) is 37.3 Å². The zero-order valence-electron chi connectivity index (χ0n) is 37.1. The molecule has 340 valence electrons. The van der Waals surface area contributed by atoms with Crippen LogP contribution in [0.1, 0.15) is 76.6 Å². The van der Waals surface area contributed by atoms with E-state index in [0.29, 0.717) is 53.2 Å². The Morgan fingerprint density at radius 2 is 1.60 bits per heavy atom. The highest BCUT2D eigenvalue weighted by molar-refractivity contribution is 5.96. The van der Waals surface area contributed by atoms with Crippen LogP contribution >= 0.6 is 0 Å². The van der Waals surface area contributed by atoms with Gasteiger partial charge in [-0.15, -0.1) is 0 Å². The Morgan fingerprint density at radius 3 is 2.29 bits per heavy atom. The first-order valence-corrected chi connectivity index (χ1v) is 21.2. The fraction of sp³-hybridized carbons (Fsp3) is 0.478. The second-order valence-corrected chi connectivity index (χ2v) is 16.6. The molecule has 5 amide bonds. The van der Waals surface area contributed by atoms with Crippen LogP contribution in [0.25, 0.3) is 11.1 Å². The number of nitrogens with one attached hydrogen (secondary N) is 3. The van der Waals surface area contributed by atoms with Gasteiger partial charge in [0.05, 0.1) is 20.3 Å². The van der Waals surface area contributed by atoms with Gasteiger partial charge in [-0.05, 0) is 87.9 Å². The molecule has 1 fully saturated rings. The number of likely N-dealkylation sites (tertiary alicyclic amines) is 1. The molecule has 63 heavy (non-hydrogen) atoms. The zero-order valence-corrected chi connectivity index (χ0v) is 37.1. The van der Waals surface area contributed by atoms with Crippen molar-refractivity contribution in [3.05, 3.63) is 83.4 Å². The van der Waals surface area contributed by atoms with Crippen molar-refractivity contribution in [2.75, 3.05) is 40.5 Å². The molecule has 5 rings (SSSR count). The van der Waals surface area contributed by atoms with Crippen LogP contribution in [0.3, 0.4) is 0 Å². The van der Waals surface area contributed by atoms with Crippen molar-refractivity contribution < 1.29 is 52.5 Å². The van der Waals surface area contributed by atoms with Crippen LogP contribution in [0.2, 0.25) is 0 Å². The molecular formula is C46H60N6O11. The molecule has 17 heteroatoms. The lowest BCUT2D eigenvalue weighted by Gasteiger charge is -2.40. The number of methoxy groups -OCH3 is 1. The zero-order chi connectivity index (χ0) is 45.8. The SMILES string of the molecule is CCCOc1ccc2cc1-c1cc(ccc1OCCNC(=O)OC(C)(C)C)C[C@@H](C(=O)OC)NC(=O)[C@H](C)NC(=O)[C@H]2N(C)C(=O)[C@H]1CC(N)CCN1C(=O)OCc1ccccc1. The van der Waals surface area contributed by atoms with Gasteiger partial charge in [0, 0.05) is 37.2 Å². The lowest BCUT2D eigenvalue weighted by molar-refractivity contribution is -0.146. The number of carbonyl (C=O) groups is 6. The molecule has 3 aromatic carbocycles. The standard InChI is InChI=1S/C46H60N6O11/c1-8-21-60-38-17-15-31-25-34(38)33-23-30(14-16-37(33)61-22-19-48-44(57)63-46(3,4)5)24-35(43(56)59-7)50-40(53)28(2)49-41(54)39(31)51(6)42(55)36-26-32(47)18-20-52(36)45(58)62-27-29-12-10-9-11-13-29/h9-17,23,25,28,32,35-36,39H,8,18-22,24,26-27,47H2,1-7H3,(H,48,57)(H,49,54)(H,50,53)/t28-,32?,35-,36+,39-/m0/s1. The topological polar surface area (TPSA) is 217 Å². The summed E-state index contributed by atoms with van der Waals surface area (Å²) in [5, 5.41) is 8.13. The van der Waals surface area contributed by atoms with Gasteiger partial charge < -0.3 is 50.3 Å². The molecule has 0 spiro atoms. The molecule has 0 aliphatic carbocycles.